The number of nitrogens with zero attached hydrogens (tertiary/aromatic N) is 2. The molecule has 0 amide bonds. The first-order valence-corrected chi connectivity index (χ1v) is 9.74. The zero-order valence-electron chi connectivity index (χ0n) is 17.4. The number of carbonyl (C=O) groups excluding carboxylic acids is 1. The van der Waals surface area contributed by atoms with Crippen LogP contribution in [0.5, 0.6) is 11.5 Å². The maximum Gasteiger partial charge on any atom is 0.519 e. The normalized spacial score (nSPS) is 18.1. The summed E-state index contributed by atoms with van der Waals surface area (Å²) in [6.45, 7) is 4.99. The number of rotatable bonds is 6. The van der Waals surface area contributed by atoms with Crippen molar-refractivity contribution in [3.05, 3.63) is 67.8 Å². The van der Waals surface area contributed by atoms with Gasteiger partial charge in [-0.2, -0.15) is 0 Å². The Morgan fingerprint density at radius 3 is 1.47 bits per heavy atom. The van der Waals surface area contributed by atoms with Gasteiger partial charge in [-0.05, 0) is 12.1 Å². The van der Waals surface area contributed by atoms with Crippen molar-refractivity contribution in [3.63, 3.8) is 0 Å². The molecule has 2 aromatic carbocycles. The second-order valence-corrected chi connectivity index (χ2v) is 8.44. The summed E-state index contributed by atoms with van der Waals surface area (Å²) in [6, 6.07) is 7.87. The van der Waals surface area contributed by atoms with Crippen LogP contribution in [0.1, 0.15) is 25.0 Å². The van der Waals surface area contributed by atoms with Crippen molar-refractivity contribution in [1.82, 2.24) is 0 Å². The van der Waals surface area contributed by atoms with E-state index in [2.05, 4.69) is 0 Å². The van der Waals surface area contributed by atoms with Gasteiger partial charge in [-0.25, -0.2) is 4.79 Å². The first-order chi connectivity index (χ1) is 15.1. The van der Waals surface area contributed by atoms with Crippen molar-refractivity contribution in [2.24, 2.45) is 0 Å². The maximum absolute atomic E-state index is 12.6. The molecule has 2 heterocycles. The smallest absolute Gasteiger partial charge is 0.394 e. The predicted molar refractivity (Wildman–Crippen MR) is 109 cm³/mol. The van der Waals surface area contributed by atoms with E-state index < -0.39 is 26.8 Å². The summed E-state index contributed by atoms with van der Waals surface area (Å²) >= 11 is 0. The maximum atomic E-state index is 12.6. The van der Waals surface area contributed by atoms with Crippen LogP contribution >= 0.6 is 0 Å². The van der Waals surface area contributed by atoms with Gasteiger partial charge >= 0.3 is 6.16 Å². The van der Waals surface area contributed by atoms with E-state index >= 15 is 0 Å². The number of non-ortho nitro benzene ring substituents is 2. The number of ether oxygens (including phenoxy) is 4. The molecule has 0 radical (unpaired) electrons. The van der Waals surface area contributed by atoms with E-state index in [9.17, 15) is 25.0 Å². The third kappa shape index (κ3) is 3.87. The van der Waals surface area contributed by atoms with Gasteiger partial charge in [-0.3, -0.25) is 20.2 Å². The van der Waals surface area contributed by atoms with Crippen LogP contribution in [-0.2, 0) is 20.3 Å². The molecular formula is C21H20N2O9. The summed E-state index contributed by atoms with van der Waals surface area (Å²) in [5, 5.41) is 22.4. The highest BCUT2D eigenvalue weighted by molar-refractivity contribution is 5.70. The minimum absolute atomic E-state index is 0.119. The first-order valence-electron chi connectivity index (χ1n) is 9.74. The Morgan fingerprint density at radius 1 is 0.812 bits per heavy atom. The minimum atomic E-state index is -1.07. The molecule has 2 aromatic rings. The lowest BCUT2D eigenvalue weighted by Gasteiger charge is -2.39. The molecule has 11 heteroatoms. The lowest BCUT2D eigenvalue weighted by molar-refractivity contribution is -0.385. The molecule has 4 rings (SSSR count). The molecule has 2 aliphatic rings. The molecule has 2 fully saturated rings. The highest BCUT2D eigenvalue weighted by atomic mass is 16.7. The fourth-order valence-corrected chi connectivity index (χ4v) is 3.71. The fraction of sp³-hybridized carbons (Fsp3) is 0.381. The van der Waals surface area contributed by atoms with Crippen LogP contribution in [0.25, 0.3) is 0 Å². The molecule has 0 aromatic heterocycles. The van der Waals surface area contributed by atoms with Crippen LogP contribution < -0.4 is 9.47 Å². The van der Waals surface area contributed by atoms with E-state index in [0.717, 1.165) is 0 Å². The predicted octanol–water partition coefficient (Wildman–Crippen LogP) is 3.66. The standard InChI is InChI=1S/C21H20N2O9/c1-20(9-29-10-20)15-7-13(22(25)26)3-5-17(15)31-19(24)32-18-6-4-14(23(27)28)8-16(18)21(2)11-30-12-21/h3-8H,9-12H2,1-2H3. The van der Waals surface area contributed by atoms with Crippen LogP contribution in [-0.4, -0.2) is 42.4 Å². The zero-order valence-corrected chi connectivity index (χ0v) is 17.4. The van der Waals surface area contributed by atoms with Crippen molar-refractivity contribution < 1.29 is 33.6 Å². The molecule has 11 nitrogen and oxygen atoms in total. The van der Waals surface area contributed by atoms with Gasteiger partial charge in [-0.1, -0.05) is 13.8 Å². The summed E-state index contributed by atoms with van der Waals surface area (Å²) in [7, 11) is 0. The zero-order chi connectivity index (χ0) is 23.1. The molecule has 0 spiro atoms. The van der Waals surface area contributed by atoms with Crippen molar-refractivity contribution >= 4 is 17.5 Å². The highest BCUT2D eigenvalue weighted by Gasteiger charge is 2.41. The minimum Gasteiger partial charge on any atom is -0.394 e. The van der Waals surface area contributed by atoms with Crippen molar-refractivity contribution in [1.29, 1.82) is 0 Å². The average Bonchev–Trinajstić information content (AvgIpc) is 2.70. The van der Waals surface area contributed by atoms with Crippen molar-refractivity contribution in [2.45, 2.75) is 24.7 Å². The summed E-state index contributed by atoms with van der Waals surface area (Å²) in [5.74, 6) is 0.237. The second-order valence-electron chi connectivity index (χ2n) is 8.44. The molecule has 168 valence electrons. The lowest BCUT2D eigenvalue weighted by Crippen LogP contribution is -2.44. The molecule has 0 saturated carbocycles. The van der Waals surface area contributed by atoms with Crippen LogP contribution in [0.3, 0.4) is 0 Å². The number of benzene rings is 2. The quantitative estimate of drug-likeness (QED) is 0.282. The lowest BCUT2D eigenvalue weighted by atomic mass is 9.80. The summed E-state index contributed by atoms with van der Waals surface area (Å²) in [5.41, 5.74) is -0.446. The number of nitro benzene ring substituents is 2. The number of nitro groups is 2. The van der Waals surface area contributed by atoms with Crippen molar-refractivity contribution in [3.8, 4) is 11.5 Å². The van der Waals surface area contributed by atoms with Crippen LogP contribution in [0.15, 0.2) is 36.4 Å². The van der Waals surface area contributed by atoms with E-state index in [1.807, 2.05) is 13.8 Å². The van der Waals surface area contributed by atoms with Gasteiger partial charge in [0.05, 0.1) is 36.3 Å². The van der Waals surface area contributed by atoms with Crippen LogP contribution in [0.4, 0.5) is 16.2 Å². The summed E-state index contributed by atoms with van der Waals surface area (Å²) in [6.07, 6.45) is -1.07. The van der Waals surface area contributed by atoms with Gasteiger partial charge in [0.2, 0.25) is 0 Å². The molecule has 2 aliphatic heterocycles. The third-order valence-corrected chi connectivity index (χ3v) is 5.72. The van der Waals surface area contributed by atoms with Gasteiger partial charge in [-0.15, -0.1) is 0 Å². The number of hydrogen-bond acceptors (Lipinski definition) is 9. The highest BCUT2D eigenvalue weighted by Crippen LogP contribution is 2.41. The Kier molecular flexibility index (Phi) is 5.31. The van der Waals surface area contributed by atoms with E-state index in [1.54, 1.807) is 0 Å². The summed E-state index contributed by atoms with van der Waals surface area (Å²) < 4.78 is 21.3. The average molecular weight is 444 g/mol. The van der Waals surface area contributed by atoms with E-state index in [4.69, 9.17) is 18.9 Å². The molecule has 0 N–H and O–H groups in total. The van der Waals surface area contributed by atoms with E-state index in [-0.39, 0.29) is 22.9 Å². The molecule has 0 atom stereocenters. The van der Waals surface area contributed by atoms with E-state index in [1.165, 1.54) is 36.4 Å². The van der Waals surface area contributed by atoms with Gasteiger partial charge in [0, 0.05) is 46.2 Å². The Balaban J connectivity index is 1.61. The molecule has 0 aliphatic carbocycles. The Hall–Kier alpha value is -3.57. The van der Waals surface area contributed by atoms with E-state index in [0.29, 0.717) is 37.6 Å². The van der Waals surface area contributed by atoms with Crippen LogP contribution in [0, 0.1) is 20.2 Å². The van der Waals surface area contributed by atoms with Crippen molar-refractivity contribution in [2.75, 3.05) is 26.4 Å². The second kappa shape index (κ2) is 7.84. The SMILES string of the molecule is CC1(c2cc([N+](=O)[O-])ccc2OC(=O)Oc2ccc([N+](=O)[O-])cc2C2(C)COC2)COC1. The Morgan fingerprint density at radius 2 is 1.19 bits per heavy atom. The topological polar surface area (TPSA) is 140 Å². The van der Waals surface area contributed by atoms with Gasteiger partial charge in [0.15, 0.2) is 0 Å². The number of hydrogen-bond donors (Lipinski definition) is 0. The molecule has 2 saturated heterocycles. The van der Waals surface area contributed by atoms with Gasteiger partial charge in [0.25, 0.3) is 11.4 Å². The molecule has 32 heavy (non-hydrogen) atoms. The monoisotopic (exact) mass is 444 g/mol. The third-order valence-electron chi connectivity index (χ3n) is 5.72. The molecule has 0 unspecified atom stereocenters. The molecular weight excluding hydrogens is 424 g/mol. The van der Waals surface area contributed by atoms with Gasteiger partial charge in [0.1, 0.15) is 11.5 Å². The fourth-order valence-electron chi connectivity index (χ4n) is 3.71. The summed E-state index contributed by atoms with van der Waals surface area (Å²) in [4.78, 5) is 33.9. The largest absolute Gasteiger partial charge is 0.519 e. The van der Waals surface area contributed by atoms with Crippen LogP contribution in [0.2, 0.25) is 0 Å². The molecule has 0 bridgehead atoms. The Bertz CT molecular complexity index is 1020. The number of carbonyl (C=O) groups is 1. The Labute approximate surface area is 182 Å². The van der Waals surface area contributed by atoms with Gasteiger partial charge < -0.3 is 18.9 Å². The first kappa shape index (κ1) is 21.7.